The molecule has 7 heteroatoms. The average molecular weight is 450 g/mol. The van der Waals surface area contributed by atoms with Crippen molar-refractivity contribution in [2.75, 3.05) is 0 Å². The first kappa shape index (κ1) is 25.9. The molecule has 2 N–H and O–H groups in total. The Bertz CT molecular complexity index is 1060. The Kier molecular flexibility index (Phi) is 9.63. The van der Waals surface area contributed by atoms with Crippen LogP contribution in [0.3, 0.4) is 0 Å². The molecule has 31 heavy (non-hydrogen) atoms. The van der Waals surface area contributed by atoms with Crippen LogP contribution >= 0.6 is 0 Å². The predicted molar refractivity (Wildman–Crippen MR) is 113 cm³/mol. The molecule has 0 aliphatic carbocycles. The Morgan fingerprint density at radius 3 is 2.39 bits per heavy atom. The van der Waals surface area contributed by atoms with Gasteiger partial charge in [-0.05, 0) is 43.7 Å². The summed E-state index contributed by atoms with van der Waals surface area (Å²) in [6, 6.07) is 14.3. The first-order chi connectivity index (χ1) is 14.3. The summed E-state index contributed by atoms with van der Waals surface area (Å²) >= 11 is 0. The Balaban J connectivity index is 0.00000341. The van der Waals surface area contributed by atoms with Gasteiger partial charge in [0, 0.05) is 47.0 Å². The van der Waals surface area contributed by atoms with Crippen molar-refractivity contribution >= 4 is 22.9 Å². The molecule has 0 bridgehead atoms. The van der Waals surface area contributed by atoms with E-state index >= 15 is 0 Å². The van der Waals surface area contributed by atoms with E-state index in [2.05, 4.69) is 18.4 Å². The number of aliphatic carboxylic acids is 1. The summed E-state index contributed by atoms with van der Waals surface area (Å²) < 4.78 is 15.6. The predicted octanol–water partition coefficient (Wildman–Crippen LogP) is 0.297. The zero-order valence-electron chi connectivity index (χ0n) is 18.0. The van der Waals surface area contributed by atoms with Crippen LogP contribution in [0.2, 0.25) is 0 Å². The van der Waals surface area contributed by atoms with Crippen LogP contribution in [0.4, 0.5) is 4.39 Å². The number of nitrogens with zero attached hydrogens (tertiary/aromatic N) is 1. The number of carboxylic acids is 1. The van der Waals surface area contributed by atoms with Gasteiger partial charge < -0.3 is 24.7 Å². The van der Waals surface area contributed by atoms with Crippen molar-refractivity contribution in [2.45, 2.75) is 44.9 Å². The van der Waals surface area contributed by atoms with Crippen molar-refractivity contribution in [2.24, 2.45) is 0 Å². The SMILES string of the molecule is CC(C)n1c(/C=C/[C@@H](O)C[C@@H](O)CC(=O)[O-])c(-c2ccc(F)cc2)c2ccccc21.[K+]. The van der Waals surface area contributed by atoms with Gasteiger partial charge in [0.2, 0.25) is 0 Å². The van der Waals surface area contributed by atoms with E-state index in [0.29, 0.717) is 0 Å². The van der Waals surface area contributed by atoms with E-state index in [1.807, 2.05) is 24.3 Å². The van der Waals surface area contributed by atoms with E-state index in [0.717, 1.165) is 27.7 Å². The summed E-state index contributed by atoms with van der Waals surface area (Å²) in [6.45, 7) is 4.11. The average Bonchev–Trinajstić information content (AvgIpc) is 3.00. The van der Waals surface area contributed by atoms with Crippen molar-refractivity contribution < 1.29 is 75.9 Å². The second-order valence-electron chi connectivity index (χ2n) is 7.64. The first-order valence-corrected chi connectivity index (χ1v) is 9.91. The third-order valence-electron chi connectivity index (χ3n) is 4.99. The number of rotatable bonds is 8. The summed E-state index contributed by atoms with van der Waals surface area (Å²) in [6.07, 6.45) is 0.450. The van der Waals surface area contributed by atoms with Gasteiger partial charge in [-0.1, -0.05) is 36.4 Å². The van der Waals surface area contributed by atoms with Crippen LogP contribution in [0.5, 0.6) is 0 Å². The number of para-hydroxylation sites is 1. The van der Waals surface area contributed by atoms with E-state index in [4.69, 9.17) is 0 Å². The minimum atomic E-state index is -1.36. The fourth-order valence-corrected chi connectivity index (χ4v) is 3.76. The van der Waals surface area contributed by atoms with Crippen LogP contribution in [0.1, 0.15) is 38.4 Å². The number of aliphatic hydroxyl groups is 2. The van der Waals surface area contributed by atoms with Crippen molar-refractivity contribution in [3.63, 3.8) is 0 Å². The normalized spacial score (nSPS) is 13.5. The van der Waals surface area contributed by atoms with Gasteiger partial charge in [-0.3, -0.25) is 0 Å². The van der Waals surface area contributed by atoms with Crippen molar-refractivity contribution in [1.29, 1.82) is 0 Å². The molecule has 3 rings (SSSR count). The number of hydrogen-bond acceptors (Lipinski definition) is 4. The third kappa shape index (κ3) is 6.35. The van der Waals surface area contributed by atoms with E-state index in [9.17, 15) is 24.5 Å². The number of aliphatic hydroxyl groups excluding tert-OH is 2. The van der Waals surface area contributed by atoms with Gasteiger partial charge in [-0.25, -0.2) is 4.39 Å². The maximum absolute atomic E-state index is 13.5. The van der Waals surface area contributed by atoms with Gasteiger partial charge in [-0.15, -0.1) is 0 Å². The molecule has 0 saturated heterocycles. The second-order valence-corrected chi connectivity index (χ2v) is 7.64. The molecule has 158 valence electrons. The Hall–Kier alpha value is -1.32. The topological polar surface area (TPSA) is 85.5 Å². The molecule has 3 aromatic rings. The smallest absolute Gasteiger partial charge is 0.550 e. The molecule has 5 nitrogen and oxygen atoms in total. The second kappa shape index (κ2) is 11.5. The molecule has 0 spiro atoms. The van der Waals surface area contributed by atoms with E-state index in [1.165, 1.54) is 12.1 Å². The summed E-state index contributed by atoms with van der Waals surface area (Å²) in [5.74, 6) is -1.68. The minimum absolute atomic E-state index is 0. The number of halogens is 1. The molecule has 2 aromatic carbocycles. The summed E-state index contributed by atoms with van der Waals surface area (Å²) in [5.41, 5.74) is 3.61. The van der Waals surface area contributed by atoms with Gasteiger partial charge in [-0.2, -0.15) is 0 Å². The van der Waals surface area contributed by atoms with Crippen LogP contribution in [-0.4, -0.2) is 33.0 Å². The number of carbonyl (C=O) groups is 1. The molecule has 0 radical (unpaired) electrons. The van der Waals surface area contributed by atoms with Crippen molar-refractivity contribution in [1.82, 2.24) is 4.57 Å². The molecule has 0 aliphatic rings. The maximum Gasteiger partial charge on any atom is 1.00 e. The van der Waals surface area contributed by atoms with E-state index in [-0.39, 0.29) is 69.7 Å². The monoisotopic (exact) mass is 449 g/mol. The van der Waals surface area contributed by atoms with Crippen LogP contribution in [0, 0.1) is 5.82 Å². The van der Waals surface area contributed by atoms with Crippen molar-refractivity contribution in [3.8, 4) is 11.1 Å². The van der Waals surface area contributed by atoms with Crippen LogP contribution in [0.25, 0.3) is 28.1 Å². The Morgan fingerprint density at radius 2 is 1.77 bits per heavy atom. The van der Waals surface area contributed by atoms with Crippen LogP contribution in [-0.2, 0) is 4.79 Å². The minimum Gasteiger partial charge on any atom is -0.550 e. The largest absolute Gasteiger partial charge is 1.00 e. The van der Waals surface area contributed by atoms with Crippen molar-refractivity contribution in [3.05, 3.63) is 66.1 Å². The Labute approximate surface area is 223 Å². The van der Waals surface area contributed by atoms with Crippen LogP contribution in [0.15, 0.2) is 54.6 Å². The quantitative estimate of drug-likeness (QED) is 0.485. The molecule has 0 unspecified atom stereocenters. The van der Waals surface area contributed by atoms with E-state index < -0.39 is 24.6 Å². The van der Waals surface area contributed by atoms with Gasteiger partial charge in [0.15, 0.2) is 0 Å². The number of carboxylic acid groups (broad SMARTS) is 1. The fourth-order valence-electron chi connectivity index (χ4n) is 3.76. The van der Waals surface area contributed by atoms with Gasteiger partial charge >= 0.3 is 51.4 Å². The van der Waals surface area contributed by atoms with Gasteiger partial charge in [0.05, 0.1) is 12.2 Å². The molecule has 2 atom stereocenters. The van der Waals surface area contributed by atoms with E-state index in [1.54, 1.807) is 24.3 Å². The summed E-state index contributed by atoms with van der Waals surface area (Å²) in [5, 5.41) is 31.6. The number of hydrogen-bond donors (Lipinski definition) is 2. The molecule has 0 fully saturated rings. The molecule has 0 saturated carbocycles. The Morgan fingerprint density at radius 1 is 1.13 bits per heavy atom. The number of carbonyl (C=O) groups excluding carboxylic acids is 1. The van der Waals surface area contributed by atoms with Gasteiger partial charge in [0.1, 0.15) is 5.82 Å². The zero-order chi connectivity index (χ0) is 21.8. The number of benzene rings is 2. The molecule has 0 aliphatic heterocycles. The maximum atomic E-state index is 13.5. The first-order valence-electron chi connectivity index (χ1n) is 9.91. The number of fused-ring (bicyclic) bond motifs is 1. The summed E-state index contributed by atoms with van der Waals surface area (Å²) in [4.78, 5) is 10.6. The standard InChI is InChI=1S/C24H26FNO4.K/c1-15(2)26-21-6-4-3-5-20(21)24(16-7-9-17(25)10-8-16)22(26)12-11-18(27)13-19(28)14-23(29)30;/h3-12,15,18-19,27-28H,13-14H2,1-2H3,(H,29,30);/q;+1/p-1/b12-11+;/t18-,19-;/m1./s1. The van der Waals surface area contributed by atoms with Crippen LogP contribution < -0.4 is 56.5 Å². The van der Waals surface area contributed by atoms with Gasteiger partial charge in [0.25, 0.3) is 0 Å². The number of aromatic nitrogens is 1. The molecular weight excluding hydrogens is 424 g/mol. The third-order valence-corrected chi connectivity index (χ3v) is 4.99. The molecule has 1 heterocycles. The fraction of sp³-hybridized carbons (Fsp3) is 0.292. The zero-order valence-corrected chi connectivity index (χ0v) is 21.1. The summed E-state index contributed by atoms with van der Waals surface area (Å²) in [7, 11) is 0. The molecule has 0 amide bonds. The molecular formula is C24H25FKNO4. The molecule has 1 aromatic heterocycles.